The van der Waals surface area contributed by atoms with Crippen molar-refractivity contribution in [3.05, 3.63) is 35.9 Å². The topological polar surface area (TPSA) is 35.2 Å². The molecule has 2 N–H and O–H groups in total. The molecule has 0 amide bonds. The molecule has 0 atom stereocenters. The predicted octanol–water partition coefficient (Wildman–Crippen LogP) is 3.23. The number of allylic oxidation sites excluding steroid dienone is 1. The first-order valence-corrected chi connectivity index (χ1v) is 5.88. The Morgan fingerprint density at radius 3 is 2.56 bits per heavy atom. The van der Waals surface area contributed by atoms with Gasteiger partial charge in [-0.25, -0.2) is 0 Å². The Morgan fingerprint density at radius 2 is 2.00 bits per heavy atom. The molecular weight excluding hydrogens is 198 g/mol. The van der Waals surface area contributed by atoms with Crippen LogP contribution in [0, 0.1) is 0 Å². The average molecular weight is 219 g/mol. The largest absolute Gasteiger partial charge is 0.494 e. The molecule has 0 aliphatic carbocycles. The van der Waals surface area contributed by atoms with Crippen molar-refractivity contribution >= 4 is 5.57 Å². The van der Waals surface area contributed by atoms with Crippen molar-refractivity contribution in [3.63, 3.8) is 0 Å². The van der Waals surface area contributed by atoms with Crippen LogP contribution in [0.4, 0.5) is 0 Å². The minimum Gasteiger partial charge on any atom is -0.494 e. The van der Waals surface area contributed by atoms with Gasteiger partial charge in [-0.3, -0.25) is 0 Å². The second kappa shape index (κ2) is 7.07. The highest BCUT2D eigenvalue weighted by Crippen LogP contribution is 2.18. The molecule has 16 heavy (non-hydrogen) atoms. The lowest BCUT2D eigenvalue weighted by molar-refractivity contribution is 0.317. The molecule has 0 saturated carbocycles. The van der Waals surface area contributed by atoms with Crippen LogP contribution < -0.4 is 10.5 Å². The van der Waals surface area contributed by atoms with E-state index in [1.807, 2.05) is 12.1 Å². The highest BCUT2D eigenvalue weighted by molar-refractivity contribution is 5.64. The molecule has 0 bridgehead atoms. The van der Waals surface area contributed by atoms with Crippen molar-refractivity contribution in [2.24, 2.45) is 5.73 Å². The van der Waals surface area contributed by atoms with Gasteiger partial charge in [0, 0.05) is 0 Å². The molecule has 1 aromatic carbocycles. The van der Waals surface area contributed by atoms with E-state index in [-0.39, 0.29) is 0 Å². The molecule has 0 aliphatic heterocycles. The van der Waals surface area contributed by atoms with Crippen molar-refractivity contribution in [1.82, 2.24) is 0 Å². The molecule has 0 heterocycles. The van der Waals surface area contributed by atoms with Crippen molar-refractivity contribution < 1.29 is 4.74 Å². The zero-order valence-corrected chi connectivity index (χ0v) is 10.2. The molecule has 1 rings (SSSR count). The molecule has 2 nitrogen and oxygen atoms in total. The van der Waals surface area contributed by atoms with E-state index in [0.717, 1.165) is 25.2 Å². The third kappa shape index (κ3) is 4.07. The fraction of sp³-hybridized carbons (Fsp3) is 0.429. The second-order valence-electron chi connectivity index (χ2n) is 3.84. The zero-order valence-electron chi connectivity index (χ0n) is 10.2. The lowest BCUT2D eigenvalue weighted by Crippen LogP contribution is -1.96. The van der Waals surface area contributed by atoms with Gasteiger partial charge in [-0.1, -0.05) is 25.1 Å². The Balaban J connectivity index is 2.63. The maximum Gasteiger partial charge on any atom is 0.119 e. The quantitative estimate of drug-likeness (QED) is 0.797. The Hall–Kier alpha value is -1.28. The van der Waals surface area contributed by atoms with E-state index < -0.39 is 0 Å². The van der Waals surface area contributed by atoms with Crippen LogP contribution in [0.5, 0.6) is 5.75 Å². The molecule has 0 unspecified atom stereocenters. The van der Waals surface area contributed by atoms with Crippen LogP contribution in [0.3, 0.4) is 0 Å². The summed E-state index contributed by atoms with van der Waals surface area (Å²) in [6, 6.07) is 8.22. The fourth-order valence-corrected chi connectivity index (χ4v) is 1.45. The van der Waals surface area contributed by atoms with Crippen molar-refractivity contribution in [3.8, 4) is 5.75 Å². The van der Waals surface area contributed by atoms with Crippen molar-refractivity contribution in [1.29, 1.82) is 0 Å². The first-order valence-electron chi connectivity index (χ1n) is 5.88. The van der Waals surface area contributed by atoms with Gasteiger partial charge in [0.05, 0.1) is 6.61 Å². The number of ether oxygens (including phenoxy) is 1. The first-order chi connectivity index (χ1) is 7.77. The second-order valence-corrected chi connectivity index (χ2v) is 3.84. The summed E-state index contributed by atoms with van der Waals surface area (Å²) in [4.78, 5) is 0. The Kier molecular flexibility index (Phi) is 5.65. The molecule has 0 fully saturated rings. The van der Waals surface area contributed by atoms with Gasteiger partial charge in [-0.15, -0.1) is 0 Å². The van der Waals surface area contributed by atoms with Gasteiger partial charge in [0.15, 0.2) is 0 Å². The monoisotopic (exact) mass is 219 g/mol. The van der Waals surface area contributed by atoms with Gasteiger partial charge in [-0.2, -0.15) is 0 Å². The molecular formula is C14H21NO. The van der Waals surface area contributed by atoms with Gasteiger partial charge < -0.3 is 10.5 Å². The Bertz CT molecular complexity index is 327. The summed E-state index contributed by atoms with van der Waals surface area (Å²) in [5.74, 6) is 0.942. The summed E-state index contributed by atoms with van der Waals surface area (Å²) in [6.07, 6.45) is 4.14. The fourth-order valence-electron chi connectivity index (χ4n) is 1.45. The normalized spacial score (nSPS) is 11.6. The van der Waals surface area contributed by atoms with E-state index in [4.69, 9.17) is 10.5 Å². The van der Waals surface area contributed by atoms with Gasteiger partial charge >= 0.3 is 0 Å². The van der Waals surface area contributed by atoms with Crippen LogP contribution in [0.1, 0.15) is 32.3 Å². The third-order valence-electron chi connectivity index (χ3n) is 2.40. The van der Waals surface area contributed by atoms with Crippen LogP contribution in [-0.4, -0.2) is 13.2 Å². The molecule has 1 aromatic rings. The Morgan fingerprint density at radius 1 is 1.31 bits per heavy atom. The molecule has 0 aliphatic rings. The van der Waals surface area contributed by atoms with Crippen molar-refractivity contribution in [2.45, 2.75) is 26.7 Å². The van der Waals surface area contributed by atoms with E-state index in [1.54, 1.807) is 0 Å². The Labute approximate surface area is 98.1 Å². The highest BCUT2D eigenvalue weighted by atomic mass is 16.5. The molecule has 0 saturated heterocycles. The number of hydrogen-bond acceptors (Lipinski definition) is 2. The summed E-state index contributed by atoms with van der Waals surface area (Å²) in [5.41, 5.74) is 7.97. The third-order valence-corrected chi connectivity index (χ3v) is 2.40. The smallest absolute Gasteiger partial charge is 0.119 e. The van der Waals surface area contributed by atoms with Crippen LogP contribution >= 0.6 is 0 Å². The summed E-state index contributed by atoms with van der Waals surface area (Å²) >= 11 is 0. The van der Waals surface area contributed by atoms with Crippen LogP contribution in [0.2, 0.25) is 0 Å². The van der Waals surface area contributed by atoms with E-state index in [9.17, 15) is 0 Å². The highest BCUT2D eigenvalue weighted by Gasteiger charge is 1.96. The average Bonchev–Trinajstić information content (AvgIpc) is 2.34. The maximum absolute atomic E-state index is 5.53. The molecule has 0 spiro atoms. The minimum atomic E-state index is 0.703. The summed E-state index contributed by atoms with van der Waals surface area (Å²) < 4.78 is 5.53. The molecule has 0 radical (unpaired) electrons. The zero-order chi connectivity index (χ0) is 11.8. The number of nitrogens with two attached hydrogens (primary N) is 1. The minimum absolute atomic E-state index is 0.703. The van der Waals surface area contributed by atoms with Gasteiger partial charge in [-0.05, 0) is 49.6 Å². The number of hydrogen-bond donors (Lipinski definition) is 1. The number of benzene rings is 1. The van der Waals surface area contributed by atoms with E-state index in [0.29, 0.717) is 6.54 Å². The van der Waals surface area contributed by atoms with Crippen LogP contribution in [-0.2, 0) is 0 Å². The van der Waals surface area contributed by atoms with Gasteiger partial charge in [0.25, 0.3) is 0 Å². The van der Waals surface area contributed by atoms with Gasteiger partial charge in [0.2, 0.25) is 0 Å². The SMILES string of the molecule is CCCOc1ccc(C(C)=CCCN)cc1. The molecule has 2 heteroatoms. The summed E-state index contributed by atoms with van der Waals surface area (Å²) in [5, 5.41) is 0. The standard InChI is InChI=1S/C14H21NO/c1-3-11-16-14-8-6-13(7-9-14)12(2)5-4-10-15/h5-9H,3-4,10-11,15H2,1-2H3. The lowest BCUT2D eigenvalue weighted by atomic mass is 10.1. The van der Waals surface area contributed by atoms with E-state index in [2.05, 4.69) is 32.1 Å². The maximum atomic E-state index is 5.53. The van der Waals surface area contributed by atoms with Gasteiger partial charge in [0.1, 0.15) is 5.75 Å². The lowest BCUT2D eigenvalue weighted by Gasteiger charge is -2.06. The van der Waals surface area contributed by atoms with Crippen LogP contribution in [0.15, 0.2) is 30.3 Å². The number of rotatable bonds is 6. The summed E-state index contributed by atoms with van der Waals surface area (Å²) in [7, 11) is 0. The molecule has 0 aromatic heterocycles. The predicted molar refractivity (Wildman–Crippen MR) is 69.6 cm³/mol. The van der Waals surface area contributed by atoms with Crippen LogP contribution in [0.25, 0.3) is 5.57 Å². The van der Waals surface area contributed by atoms with E-state index in [1.165, 1.54) is 11.1 Å². The van der Waals surface area contributed by atoms with Crippen molar-refractivity contribution in [2.75, 3.05) is 13.2 Å². The van der Waals surface area contributed by atoms with E-state index >= 15 is 0 Å². The summed E-state index contributed by atoms with van der Waals surface area (Å²) in [6.45, 7) is 5.70. The molecule has 88 valence electrons. The first kappa shape index (κ1) is 12.8.